The number of benzene rings is 1. The molecule has 4 N–H and O–H groups in total. The van der Waals surface area contributed by atoms with Gasteiger partial charge in [0.05, 0.1) is 10.6 Å². The van der Waals surface area contributed by atoms with Gasteiger partial charge in [-0.1, -0.05) is 42.5 Å². The number of nitrogens with one attached hydrogen (secondary N) is 4. The van der Waals surface area contributed by atoms with Crippen molar-refractivity contribution in [1.82, 2.24) is 26.3 Å². The molecule has 0 amide bonds. The molecule has 92 heavy (non-hydrogen) atoms. The van der Waals surface area contributed by atoms with Gasteiger partial charge in [0, 0.05) is 99.3 Å². The topological polar surface area (TPSA) is 89.8 Å². The second-order valence-corrected chi connectivity index (χ2v) is 36.9. The number of rotatable bonds is 16. The first-order valence-electron chi connectivity index (χ1n) is 37.2. The maximum absolute atomic E-state index is 5.75. The van der Waals surface area contributed by atoms with Crippen LogP contribution in [0.3, 0.4) is 0 Å². The molecule has 2 aliphatic heterocycles. The molecule has 0 unspecified atom stereocenters. The minimum atomic E-state index is 0.451. The average Bonchev–Trinajstić information content (AvgIpc) is 1.08. The van der Waals surface area contributed by atoms with Crippen LogP contribution in [-0.4, -0.2) is 52.5 Å². The molecule has 16 saturated carbocycles. The van der Waals surface area contributed by atoms with Crippen LogP contribution in [0.15, 0.2) is 112 Å². The highest BCUT2D eigenvalue weighted by Gasteiger charge is 2.54. The summed E-state index contributed by atoms with van der Waals surface area (Å²) in [5.41, 5.74) is 8.31. The molecule has 1 saturated heterocycles. The Morgan fingerprint density at radius 2 is 0.935 bits per heavy atom. The lowest BCUT2D eigenvalue weighted by molar-refractivity contribution is -0.0207. The van der Waals surface area contributed by atoms with Crippen LogP contribution in [0.2, 0.25) is 0 Å². The minimum Gasteiger partial charge on any atom is -0.461 e. The number of thiophene rings is 3. The van der Waals surface area contributed by atoms with E-state index in [4.69, 9.17) is 14.4 Å². The predicted octanol–water partition coefficient (Wildman–Crippen LogP) is 19.4. The second kappa shape index (κ2) is 25.7. The summed E-state index contributed by atoms with van der Waals surface area (Å²) in [4.78, 5) is 19.1. The van der Waals surface area contributed by atoms with Crippen molar-refractivity contribution < 1.29 is 4.42 Å². The van der Waals surface area contributed by atoms with E-state index in [0.29, 0.717) is 22.2 Å². The summed E-state index contributed by atoms with van der Waals surface area (Å²) < 4.78 is 5.75. The number of anilines is 1. The summed E-state index contributed by atoms with van der Waals surface area (Å²) in [6, 6.07) is 30.6. The van der Waals surface area contributed by atoms with Gasteiger partial charge < -0.3 is 30.6 Å². The van der Waals surface area contributed by atoms with Gasteiger partial charge in [-0.3, -0.25) is 4.99 Å². The molecule has 0 atom stereocenters. The summed E-state index contributed by atoms with van der Waals surface area (Å²) in [6.45, 7) is 10.6. The number of hydrogen-bond donors (Lipinski definition) is 4. The maximum Gasteiger partial charge on any atom is 0.144 e. The summed E-state index contributed by atoms with van der Waals surface area (Å²) in [5, 5.41) is 18.2. The molecule has 17 fully saturated rings. The molecule has 6 aromatic rings. The Balaban J connectivity index is 0.0000000939. The normalized spacial score (nSPS) is 36.6. The molecule has 8 nitrogen and oxygen atoms in total. The highest BCUT2D eigenvalue weighted by Crippen LogP contribution is 2.59. The third-order valence-electron chi connectivity index (χ3n) is 26.2. The Bertz CT molecular complexity index is 3310. The SMILES string of the molecule is C1=C(c2ccccc2)N=C(CNC23CC4CC(CC(C4)C2)C3)C1.Cc1ccc(-c2ccc(CNC34CC5CC(CC(C5)C3)C4)s2)o1.Cc1csc(-c2ccc(CNC34CC5CC(CC(C5)C3)C4)s2)c1.c1cc(N2CCCC2)ncc1CNC12CC3CC(CC(C3)C1)C2. The van der Waals surface area contributed by atoms with Crippen LogP contribution in [0.5, 0.6) is 0 Å². The number of aromatic nitrogens is 1. The molecule has 0 radical (unpaired) electrons. The van der Waals surface area contributed by atoms with E-state index in [1.807, 2.05) is 47.0 Å². The number of hydrogen-bond acceptors (Lipinski definition) is 11. The van der Waals surface area contributed by atoms with Crippen LogP contribution < -0.4 is 26.2 Å². The number of pyridine rings is 1. The van der Waals surface area contributed by atoms with Crippen molar-refractivity contribution in [2.75, 3.05) is 24.5 Å². The van der Waals surface area contributed by atoms with E-state index in [-0.39, 0.29) is 0 Å². The Morgan fingerprint density at radius 3 is 1.37 bits per heavy atom. The first kappa shape index (κ1) is 61.4. The molecule has 16 bridgehead atoms. The zero-order chi connectivity index (χ0) is 61.4. The third kappa shape index (κ3) is 13.5. The van der Waals surface area contributed by atoms with E-state index in [1.165, 1.54) is 233 Å². The molecular formula is C81H105N7OS3. The maximum atomic E-state index is 5.75. The smallest absolute Gasteiger partial charge is 0.144 e. The molecule has 11 heteroatoms. The Kier molecular flexibility index (Phi) is 17.1. The van der Waals surface area contributed by atoms with Gasteiger partial charge in [-0.25, -0.2) is 4.98 Å². The number of furan rings is 1. The van der Waals surface area contributed by atoms with Gasteiger partial charge in [0.2, 0.25) is 0 Å². The minimum absolute atomic E-state index is 0.451. The fourth-order valence-corrected chi connectivity index (χ4v) is 26.7. The Hall–Kier alpha value is -4.20. The van der Waals surface area contributed by atoms with E-state index in [2.05, 4.69) is 130 Å². The first-order valence-corrected chi connectivity index (χ1v) is 39.7. The molecule has 24 rings (SSSR count). The van der Waals surface area contributed by atoms with E-state index >= 15 is 0 Å². The lowest BCUT2D eigenvalue weighted by Gasteiger charge is -2.57. The van der Waals surface area contributed by atoms with Gasteiger partial charge in [0.25, 0.3) is 0 Å². The highest BCUT2D eigenvalue weighted by atomic mass is 32.1. The molecule has 16 aliphatic carbocycles. The van der Waals surface area contributed by atoms with Crippen LogP contribution in [0.25, 0.3) is 26.1 Å². The fraction of sp³-hybridized carbons (Fsp3) is 0.630. The Morgan fingerprint density at radius 1 is 0.478 bits per heavy atom. The van der Waals surface area contributed by atoms with E-state index in [0.717, 1.165) is 121 Å². The molecule has 5 aromatic heterocycles. The number of aryl methyl sites for hydroxylation is 2. The zero-order valence-corrected chi connectivity index (χ0v) is 58.0. The summed E-state index contributed by atoms with van der Waals surface area (Å²) in [5.74, 6) is 15.4. The van der Waals surface area contributed by atoms with Crippen molar-refractivity contribution in [3.8, 4) is 20.4 Å². The van der Waals surface area contributed by atoms with E-state index in [9.17, 15) is 0 Å². The van der Waals surface area contributed by atoms with Crippen molar-refractivity contribution in [2.24, 2.45) is 76.0 Å². The van der Waals surface area contributed by atoms with Gasteiger partial charge in [-0.2, -0.15) is 0 Å². The average molecular weight is 1290 g/mol. The standard InChI is InChI=1S/C21H26N2.C20H29N3.C20H25NOS.C20H25NS2/c1-2-4-18(5-3-1)20-7-6-19(23-20)14-22-21-11-15-8-16(12-21)10-17(9-15)13-21;1-2-6-23(5-1)19-4-3-15(13-21-19)14-22-20-10-16-7-17(11-20)9-18(8-16)12-20;1-13-2-4-18(22-13)19-5-3-17(23-19)12-21-20-9-14-6-15(10-20)8-16(7-14)11-20;1-13-4-19(22-12-13)18-3-2-17(23-18)11-21-20-8-14-5-15(9-20)7-16(6-14)10-20/h1-5,7,15-17,22H,6,8-14H2;3-4,13,16-18,22H,1-2,5-12,14H2;2-5,14-16,21H,6-12H2,1H3;2-4,12,14-16,21H,5-11H2,1H3. The van der Waals surface area contributed by atoms with Gasteiger partial charge in [-0.05, 0) is 322 Å². The fourth-order valence-electron chi connectivity index (χ4n) is 23.8. The van der Waals surface area contributed by atoms with Crippen molar-refractivity contribution in [2.45, 2.75) is 229 Å². The van der Waals surface area contributed by atoms with E-state index in [1.54, 1.807) is 0 Å². The molecule has 0 spiro atoms. The van der Waals surface area contributed by atoms with Crippen LogP contribution in [0.4, 0.5) is 5.82 Å². The largest absolute Gasteiger partial charge is 0.461 e. The van der Waals surface area contributed by atoms with Crippen LogP contribution >= 0.6 is 34.0 Å². The number of aliphatic imine (C=N–C) groups is 1. The second-order valence-electron chi connectivity index (χ2n) is 33.7. The molecule has 7 heterocycles. The third-order valence-corrected chi connectivity index (χ3v) is 29.6. The highest BCUT2D eigenvalue weighted by molar-refractivity contribution is 7.21. The lowest BCUT2D eigenvalue weighted by atomic mass is 9.53. The Labute approximate surface area is 562 Å². The van der Waals surface area contributed by atoms with Gasteiger partial charge in [0.15, 0.2) is 0 Å². The van der Waals surface area contributed by atoms with Crippen molar-refractivity contribution in [1.29, 1.82) is 0 Å². The van der Waals surface area contributed by atoms with Crippen LogP contribution in [0.1, 0.15) is 206 Å². The summed E-state index contributed by atoms with van der Waals surface area (Å²) in [7, 11) is 0. The lowest BCUT2D eigenvalue weighted by Crippen LogP contribution is -2.59. The van der Waals surface area contributed by atoms with Gasteiger partial charge >= 0.3 is 0 Å². The summed E-state index contributed by atoms with van der Waals surface area (Å²) in [6.07, 6.45) is 43.4. The van der Waals surface area contributed by atoms with Crippen molar-refractivity contribution >= 4 is 51.2 Å². The summed E-state index contributed by atoms with van der Waals surface area (Å²) >= 11 is 5.72. The number of allylic oxidation sites excluding steroid dienone is 1. The quantitative estimate of drug-likeness (QED) is 0.0768. The van der Waals surface area contributed by atoms with Crippen LogP contribution in [0, 0.1) is 84.9 Å². The predicted molar refractivity (Wildman–Crippen MR) is 383 cm³/mol. The monoisotopic (exact) mass is 1290 g/mol. The molecule has 488 valence electrons. The van der Waals surface area contributed by atoms with Crippen LogP contribution in [-0.2, 0) is 19.6 Å². The van der Waals surface area contributed by atoms with Gasteiger partial charge in [0.1, 0.15) is 17.3 Å². The first-order chi connectivity index (χ1) is 44.9. The molecule has 1 aromatic carbocycles. The molecular weight excluding hydrogens is 1180 g/mol. The molecule has 18 aliphatic rings. The van der Waals surface area contributed by atoms with Crippen molar-refractivity contribution in [3.05, 3.63) is 135 Å². The number of nitrogens with zero attached hydrogens (tertiary/aromatic N) is 3. The zero-order valence-electron chi connectivity index (χ0n) is 55.6. The van der Waals surface area contributed by atoms with E-state index < -0.39 is 0 Å². The van der Waals surface area contributed by atoms with Crippen molar-refractivity contribution in [3.63, 3.8) is 0 Å². The van der Waals surface area contributed by atoms with Gasteiger partial charge in [-0.15, -0.1) is 34.0 Å².